The van der Waals surface area contributed by atoms with Crippen molar-refractivity contribution in [2.24, 2.45) is 5.92 Å². The molecule has 0 radical (unpaired) electrons. The van der Waals surface area contributed by atoms with Gasteiger partial charge in [-0.25, -0.2) is 8.78 Å². The Morgan fingerprint density at radius 1 is 1.18 bits per heavy atom. The van der Waals surface area contributed by atoms with E-state index in [1.54, 1.807) is 0 Å². The van der Waals surface area contributed by atoms with Gasteiger partial charge in [0, 0.05) is 42.7 Å². The Kier molecular flexibility index (Phi) is 2.82. The van der Waals surface area contributed by atoms with Gasteiger partial charge >= 0.3 is 0 Å². The van der Waals surface area contributed by atoms with E-state index in [9.17, 15) is 8.78 Å². The van der Waals surface area contributed by atoms with E-state index in [1.165, 1.54) is 5.56 Å². The zero-order valence-corrected chi connectivity index (χ0v) is 9.57. The summed E-state index contributed by atoms with van der Waals surface area (Å²) >= 11 is 0. The number of pyridine rings is 1. The molecular weight excluding hydrogens is 222 g/mol. The Balaban J connectivity index is 1.61. The zero-order chi connectivity index (χ0) is 11.8. The molecule has 1 N–H and O–H groups in total. The topological polar surface area (TPSA) is 24.9 Å². The van der Waals surface area contributed by atoms with Gasteiger partial charge in [-0.2, -0.15) is 0 Å². The summed E-state index contributed by atoms with van der Waals surface area (Å²) in [5.41, 5.74) is 2.25. The standard InChI is InChI=1S/C13H16F2N2/c14-13(15)10-3-9(4-10)12-2-1-8(7-17-12)11-5-16-6-11/h1-2,7,9-11,13,16H,3-6H2/t9-,10-. The maximum Gasteiger partial charge on any atom is 0.241 e. The molecule has 0 spiro atoms. The van der Waals surface area contributed by atoms with Crippen LogP contribution in [-0.2, 0) is 0 Å². The van der Waals surface area contributed by atoms with Gasteiger partial charge in [-0.1, -0.05) is 6.07 Å². The van der Waals surface area contributed by atoms with Gasteiger partial charge in [0.25, 0.3) is 0 Å². The highest BCUT2D eigenvalue weighted by Gasteiger charge is 2.37. The molecule has 1 aromatic rings. The maximum atomic E-state index is 12.4. The number of hydrogen-bond donors (Lipinski definition) is 1. The van der Waals surface area contributed by atoms with Crippen molar-refractivity contribution in [2.75, 3.05) is 13.1 Å². The van der Waals surface area contributed by atoms with Gasteiger partial charge in [-0.15, -0.1) is 0 Å². The molecule has 0 aromatic carbocycles. The Hall–Kier alpha value is -1.03. The van der Waals surface area contributed by atoms with Crippen molar-refractivity contribution < 1.29 is 8.78 Å². The van der Waals surface area contributed by atoms with E-state index in [2.05, 4.69) is 16.4 Å². The van der Waals surface area contributed by atoms with Gasteiger partial charge < -0.3 is 5.32 Å². The van der Waals surface area contributed by atoms with Crippen LogP contribution in [0.5, 0.6) is 0 Å². The molecule has 2 aliphatic rings. The lowest BCUT2D eigenvalue weighted by molar-refractivity contribution is 0.0218. The molecule has 0 bridgehead atoms. The molecule has 2 nitrogen and oxygen atoms in total. The van der Waals surface area contributed by atoms with E-state index in [0.717, 1.165) is 18.8 Å². The van der Waals surface area contributed by atoms with Crippen molar-refractivity contribution >= 4 is 0 Å². The lowest BCUT2D eigenvalue weighted by atomic mass is 9.73. The number of rotatable bonds is 3. The fraction of sp³-hybridized carbons (Fsp3) is 0.615. The molecule has 17 heavy (non-hydrogen) atoms. The molecule has 0 amide bonds. The fourth-order valence-corrected chi connectivity index (χ4v) is 2.53. The van der Waals surface area contributed by atoms with E-state index in [4.69, 9.17) is 0 Å². The minimum Gasteiger partial charge on any atom is -0.315 e. The first-order valence-corrected chi connectivity index (χ1v) is 6.18. The molecule has 2 fully saturated rings. The Labute approximate surface area is 99.4 Å². The van der Waals surface area contributed by atoms with Gasteiger partial charge in [-0.05, 0) is 24.5 Å². The third-order valence-corrected chi connectivity index (χ3v) is 4.01. The minimum atomic E-state index is -2.16. The van der Waals surface area contributed by atoms with Crippen LogP contribution in [0.1, 0.15) is 35.9 Å². The van der Waals surface area contributed by atoms with Gasteiger partial charge in [0.05, 0.1) is 0 Å². The smallest absolute Gasteiger partial charge is 0.241 e. The van der Waals surface area contributed by atoms with Gasteiger partial charge in [0.15, 0.2) is 0 Å². The van der Waals surface area contributed by atoms with E-state index in [-0.39, 0.29) is 5.92 Å². The second-order valence-electron chi connectivity index (χ2n) is 5.13. The van der Waals surface area contributed by atoms with Crippen LogP contribution >= 0.6 is 0 Å². The Morgan fingerprint density at radius 3 is 2.41 bits per heavy atom. The van der Waals surface area contributed by atoms with Gasteiger partial charge in [-0.3, -0.25) is 4.98 Å². The number of aromatic nitrogens is 1. The number of hydrogen-bond acceptors (Lipinski definition) is 2. The highest BCUT2D eigenvalue weighted by Crippen LogP contribution is 2.43. The first kappa shape index (κ1) is 11.1. The summed E-state index contributed by atoms with van der Waals surface area (Å²) in [4.78, 5) is 4.42. The lowest BCUT2D eigenvalue weighted by Gasteiger charge is -2.34. The van der Waals surface area contributed by atoms with Crippen molar-refractivity contribution in [3.63, 3.8) is 0 Å². The first-order chi connectivity index (χ1) is 8.24. The fourth-order valence-electron chi connectivity index (χ4n) is 2.53. The third-order valence-electron chi connectivity index (χ3n) is 4.01. The summed E-state index contributed by atoms with van der Waals surface area (Å²) in [6, 6.07) is 4.11. The van der Waals surface area contributed by atoms with Crippen LogP contribution in [0.15, 0.2) is 18.3 Å². The molecule has 0 unspecified atom stereocenters. The van der Waals surface area contributed by atoms with Crippen molar-refractivity contribution in [1.82, 2.24) is 10.3 Å². The molecule has 1 saturated carbocycles. The van der Waals surface area contributed by atoms with Crippen LogP contribution in [0.4, 0.5) is 8.78 Å². The summed E-state index contributed by atoms with van der Waals surface area (Å²) in [6.07, 6.45) is 0.937. The van der Waals surface area contributed by atoms with E-state index in [0.29, 0.717) is 18.8 Å². The van der Waals surface area contributed by atoms with Crippen LogP contribution < -0.4 is 5.32 Å². The maximum absolute atomic E-state index is 12.4. The number of halogens is 2. The van der Waals surface area contributed by atoms with E-state index >= 15 is 0 Å². The molecule has 1 saturated heterocycles. The number of nitrogens with zero attached hydrogens (tertiary/aromatic N) is 1. The predicted octanol–water partition coefficient (Wildman–Crippen LogP) is 2.53. The van der Waals surface area contributed by atoms with Crippen LogP contribution in [0, 0.1) is 5.92 Å². The van der Waals surface area contributed by atoms with Crippen molar-refractivity contribution in [1.29, 1.82) is 0 Å². The molecule has 1 aromatic heterocycles. The van der Waals surface area contributed by atoms with E-state index < -0.39 is 12.3 Å². The summed E-state index contributed by atoms with van der Waals surface area (Å²) in [7, 11) is 0. The zero-order valence-electron chi connectivity index (χ0n) is 9.57. The quantitative estimate of drug-likeness (QED) is 0.875. The molecule has 1 aliphatic heterocycles. The molecule has 3 rings (SSSR count). The average Bonchev–Trinajstić information content (AvgIpc) is 2.15. The highest BCUT2D eigenvalue weighted by molar-refractivity contribution is 5.24. The predicted molar refractivity (Wildman–Crippen MR) is 61.3 cm³/mol. The molecule has 2 heterocycles. The minimum absolute atomic E-state index is 0.252. The number of alkyl halides is 2. The van der Waals surface area contributed by atoms with Crippen LogP contribution in [0.25, 0.3) is 0 Å². The monoisotopic (exact) mass is 238 g/mol. The van der Waals surface area contributed by atoms with Gasteiger partial charge in [0.2, 0.25) is 6.43 Å². The summed E-state index contributed by atoms with van der Waals surface area (Å²) in [5.74, 6) is 0.437. The first-order valence-electron chi connectivity index (χ1n) is 6.18. The largest absolute Gasteiger partial charge is 0.315 e. The molecule has 1 aliphatic carbocycles. The summed E-state index contributed by atoms with van der Waals surface area (Å²) < 4.78 is 24.7. The average molecular weight is 238 g/mol. The second-order valence-corrected chi connectivity index (χ2v) is 5.13. The van der Waals surface area contributed by atoms with Gasteiger partial charge in [0.1, 0.15) is 0 Å². The Morgan fingerprint density at radius 2 is 1.94 bits per heavy atom. The van der Waals surface area contributed by atoms with Crippen LogP contribution in [-0.4, -0.2) is 24.5 Å². The highest BCUT2D eigenvalue weighted by atomic mass is 19.3. The lowest BCUT2D eigenvalue weighted by Crippen LogP contribution is -2.39. The normalized spacial score (nSPS) is 28.9. The molecular formula is C13H16F2N2. The summed E-state index contributed by atoms with van der Waals surface area (Å²) in [6.45, 7) is 2.05. The summed E-state index contributed by atoms with van der Waals surface area (Å²) in [5, 5.41) is 3.23. The number of nitrogens with one attached hydrogen (secondary N) is 1. The van der Waals surface area contributed by atoms with Crippen molar-refractivity contribution in [2.45, 2.75) is 31.1 Å². The Bertz CT molecular complexity index is 381. The molecule has 92 valence electrons. The molecule has 4 heteroatoms. The van der Waals surface area contributed by atoms with Crippen molar-refractivity contribution in [3.8, 4) is 0 Å². The second kappa shape index (κ2) is 4.33. The SMILES string of the molecule is FC(F)[C@H]1C[C@H](c2ccc(C3CNC3)cn2)C1. The van der Waals surface area contributed by atoms with Crippen molar-refractivity contribution in [3.05, 3.63) is 29.6 Å². The molecule has 0 atom stereocenters. The van der Waals surface area contributed by atoms with Crippen LogP contribution in [0.2, 0.25) is 0 Å². The third kappa shape index (κ3) is 2.06. The van der Waals surface area contributed by atoms with E-state index in [1.807, 2.05) is 12.3 Å². The van der Waals surface area contributed by atoms with Crippen LogP contribution in [0.3, 0.4) is 0 Å².